The van der Waals surface area contributed by atoms with Crippen LogP contribution in [0.25, 0.3) is 0 Å². The quantitative estimate of drug-likeness (QED) is 0.608. The summed E-state index contributed by atoms with van der Waals surface area (Å²) in [5.41, 5.74) is 1.28. The zero-order valence-corrected chi connectivity index (χ0v) is 14.6. The molecule has 0 amide bonds. The Morgan fingerprint density at radius 3 is 2.65 bits per heavy atom. The Bertz CT molecular complexity index is 381. The minimum absolute atomic E-state index is 0.546. The standard InChI is InChI=1S/C17H28BrNO/c1-4-6-7-8-16(19-11-5-2)13-14-12-15(18)9-10-17(14)20-3/h9-10,12,16,19H,4-8,11,13H2,1-3H3. The maximum Gasteiger partial charge on any atom is 0.122 e. The fourth-order valence-electron chi connectivity index (χ4n) is 2.44. The number of nitrogens with one attached hydrogen (secondary N) is 1. The van der Waals surface area contributed by atoms with Crippen molar-refractivity contribution in [1.29, 1.82) is 0 Å². The second-order valence-electron chi connectivity index (χ2n) is 5.31. The van der Waals surface area contributed by atoms with Gasteiger partial charge in [-0.1, -0.05) is 49.0 Å². The van der Waals surface area contributed by atoms with E-state index < -0.39 is 0 Å². The van der Waals surface area contributed by atoms with Gasteiger partial charge in [0.25, 0.3) is 0 Å². The Kier molecular flexibility index (Phi) is 8.95. The van der Waals surface area contributed by atoms with Crippen LogP contribution in [0.1, 0.15) is 51.5 Å². The molecule has 0 saturated heterocycles. The Balaban J connectivity index is 2.68. The first-order valence-corrected chi connectivity index (χ1v) is 8.56. The molecular formula is C17H28BrNO. The highest BCUT2D eigenvalue weighted by atomic mass is 79.9. The van der Waals surface area contributed by atoms with Crippen LogP contribution in [0.2, 0.25) is 0 Å². The summed E-state index contributed by atoms with van der Waals surface area (Å²) in [7, 11) is 1.75. The predicted molar refractivity (Wildman–Crippen MR) is 90.6 cm³/mol. The number of hydrogen-bond acceptors (Lipinski definition) is 2. The van der Waals surface area contributed by atoms with E-state index in [1.165, 1.54) is 37.7 Å². The van der Waals surface area contributed by atoms with Crippen LogP contribution in [0.4, 0.5) is 0 Å². The highest BCUT2D eigenvalue weighted by Gasteiger charge is 2.12. The van der Waals surface area contributed by atoms with Gasteiger partial charge < -0.3 is 10.1 Å². The van der Waals surface area contributed by atoms with E-state index in [4.69, 9.17) is 4.74 Å². The van der Waals surface area contributed by atoms with Crippen LogP contribution in [0, 0.1) is 0 Å². The lowest BCUT2D eigenvalue weighted by Gasteiger charge is -2.20. The van der Waals surface area contributed by atoms with Crippen LogP contribution in [0.15, 0.2) is 22.7 Å². The first-order chi connectivity index (χ1) is 9.71. The molecular weight excluding hydrogens is 314 g/mol. The third-order valence-corrected chi connectivity index (χ3v) is 4.04. The van der Waals surface area contributed by atoms with Crippen LogP contribution in [-0.4, -0.2) is 19.7 Å². The lowest BCUT2D eigenvalue weighted by Crippen LogP contribution is -2.32. The van der Waals surface area contributed by atoms with Crippen molar-refractivity contribution in [3.8, 4) is 5.75 Å². The molecule has 20 heavy (non-hydrogen) atoms. The Labute approximate surface area is 132 Å². The van der Waals surface area contributed by atoms with Crippen molar-refractivity contribution in [3.63, 3.8) is 0 Å². The molecule has 1 unspecified atom stereocenters. The number of ether oxygens (including phenoxy) is 1. The summed E-state index contributed by atoms with van der Waals surface area (Å²) in [6.45, 7) is 5.56. The average molecular weight is 342 g/mol. The summed E-state index contributed by atoms with van der Waals surface area (Å²) in [6, 6.07) is 6.81. The van der Waals surface area contributed by atoms with Crippen LogP contribution >= 0.6 is 15.9 Å². The van der Waals surface area contributed by atoms with Gasteiger partial charge in [-0.2, -0.15) is 0 Å². The van der Waals surface area contributed by atoms with Gasteiger partial charge >= 0.3 is 0 Å². The molecule has 0 saturated carbocycles. The Morgan fingerprint density at radius 2 is 2.00 bits per heavy atom. The molecule has 2 nitrogen and oxygen atoms in total. The van der Waals surface area contributed by atoms with E-state index in [1.54, 1.807) is 7.11 Å². The fraction of sp³-hybridized carbons (Fsp3) is 0.647. The van der Waals surface area contributed by atoms with E-state index >= 15 is 0 Å². The summed E-state index contributed by atoms with van der Waals surface area (Å²) in [6.07, 6.45) is 7.35. The van der Waals surface area contributed by atoms with Crippen LogP contribution in [0.5, 0.6) is 5.75 Å². The predicted octanol–water partition coefficient (Wildman–Crippen LogP) is 4.95. The minimum atomic E-state index is 0.546. The third kappa shape index (κ3) is 6.27. The van der Waals surface area contributed by atoms with Crippen LogP contribution in [-0.2, 0) is 6.42 Å². The maximum absolute atomic E-state index is 5.48. The highest BCUT2D eigenvalue weighted by Crippen LogP contribution is 2.25. The van der Waals surface area contributed by atoms with E-state index in [-0.39, 0.29) is 0 Å². The summed E-state index contributed by atoms with van der Waals surface area (Å²) in [4.78, 5) is 0. The molecule has 1 aromatic rings. The fourth-order valence-corrected chi connectivity index (χ4v) is 2.85. The highest BCUT2D eigenvalue weighted by molar-refractivity contribution is 9.10. The zero-order chi connectivity index (χ0) is 14.8. The third-order valence-electron chi connectivity index (χ3n) is 3.55. The molecule has 0 aliphatic carbocycles. The van der Waals surface area contributed by atoms with Gasteiger partial charge in [0.1, 0.15) is 5.75 Å². The first kappa shape index (κ1) is 17.5. The maximum atomic E-state index is 5.48. The van der Waals surface area contributed by atoms with Crippen LogP contribution < -0.4 is 10.1 Å². The van der Waals surface area contributed by atoms with E-state index in [1.807, 2.05) is 12.1 Å². The van der Waals surface area contributed by atoms with Crippen molar-refractivity contribution in [2.24, 2.45) is 0 Å². The van der Waals surface area contributed by atoms with Crippen LogP contribution in [0.3, 0.4) is 0 Å². The van der Waals surface area contributed by atoms with Gasteiger partial charge in [0.2, 0.25) is 0 Å². The second kappa shape index (κ2) is 10.2. The molecule has 0 heterocycles. The molecule has 0 bridgehead atoms. The first-order valence-electron chi connectivity index (χ1n) is 7.77. The number of benzene rings is 1. The van der Waals surface area contributed by atoms with E-state index in [9.17, 15) is 0 Å². The number of halogens is 1. The summed E-state index contributed by atoms with van der Waals surface area (Å²) in [5, 5.41) is 3.68. The van der Waals surface area contributed by atoms with Crippen molar-refractivity contribution in [3.05, 3.63) is 28.2 Å². The topological polar surface area (TPSA) is 21.3 Å². The van der Waals surface area contributed by atoms with Gasteiger partial charge in [-0.3, -0.25) is 0 Å². The molecule has 3 heteroatoms. The molecule has 114 valence electrons. The molecule has 0 radical (unpaired) electrons. The van der Waals surface area contributed by atoms with Gasteiger partial charge in [0.05, 0.1) is 7.11 Å². The molecule has 1 N–H and O–H groups in total. The molecule has 0 spiro atoms. The van der Waals surface area contributed by atoms with Gasteiger partial charge in [-0.25, -0.2) is 0 Å². The molecule has 0 aromatic heterocycles. The SMILES string of the molecule is CCCCCC(Cc1cc(Br)ccc1OC)NCCC. The smallest absolute Gasteiger partial charge is 0.122 e. The average Bonchev–Trinajstić information content (AvgIpc) is 2.45. The Hall–Kier alpha value is -0.540. The Morgan fingerprint density at radius 1 is 1.20 bits per heavy atom. The second-order valence-corrected chi connectivity index (χ2v) is 6.22. The zero-order valence-electron chi connectivity index (χ0n) is 13.0. The lowest BCUT2D eigenvalue weighted by atomic mass is 9.99. The monoisotopic (exact) mass is 341 g/mol. The van der Waals surface area contributed by atoms with Crippen molar-refractivity contribution in [2.75, 3.05) is 13.7 Å². The number of methoxy groups -OCH3 is 1. The number of hydrogen-bond donors (Lipinski definition) is 1. The summed E-state index contributed by atoms with van der Waals surface area (Å²) < 4.78 is 6.60. The van der Waals surface area contributed by atoms with Crippen molar-refractivity contribution >= 4 is 15.9 Å². The van der Waals surface area contributed by atoms with Gasteiger partial charge in [0, 0.05) is 10.5 Å². The summed E-state index contributed by atoms with van der Waals surface area (Å²) >= 11 is 3.56. The molecule has 0 aliphatic heterocycles. The largest absolute Gasteiger partial charge is 0.496 e. The molecule has 1 atom stereocenters. The van der Waals surface area contributed by atoms with Gasteiger partial charge in [0.15, 0.2) is 0 Å². The minimum Gasteiger partial charge on any atom is -0.496 e. The number of rotatable bonds is 10. The normalized spacial score (nSPS) is 12.4. The van der Waals surface area contributed by atoms with E-state index in [0.29, 0.717) is 6.04 Å². The number of unbranched alkanes of at least 4 members (excludes halogenated alkanes) is 2. The summed E-state index contributed by atoms with van der Waals surface area (Å²) in [5.74, 6) is 0.993. The van der Waals surface area contributed by atoms with Crippen molar-refractivity contribution in [2.45, 2.75) is 58.4 Å². The molecule has 1 rings (SSSR count). The van der Waals surface area contributed by atoms with Crippen molar-refractivity contribution < 1.29 is 4.74 Å². The van der Waals surface area contributed by atoms with E-state index in [2.05, 4.69) is 41.2 Å². The molecule has 1 aromatic carbocycles. The lowest BCUT2D eigenvalue weighted by molar-refractivity contribution is 0.400. The van der Waals surface area contributed by atoms with Crippen molar-refractivity contribution in [1.82, 2.24) is 5.32 Å². The van der Waals surface area contributed by atoms with Gasteiger partial charge in [-0.05, 0) is 49.6 Å². The van der Waals surface area contributed by atoms with E-state index in [0.717, 1.165) is 23.2 Å². The molecule has 0 fully saturated rings. The van der Waals surface area contributed by atoms with Gasteiger partial charge in [-0.15, -0.1) is 0 Å². The molecule has 0 aliphatic rings.